The van der Waals surface area contributed by atoms with Gasteiger partial charge in [-0.1, -0.05) is 30.3 Å². The van der Waals surface area contributed by atoms with Crippen molar-refractivity contribution < 1.29 is 19.1 Å². The van der Waals surface area contributed by atoms with Crippen molar-refractivity contribution in [2.24, 2.45) is 0 Å². The van der Waals surface area contributed by atoms with Crippen molar-refractivity contribution in [2.45, 2.75) is 6.10 Å². The van der Waals surface area contributed by atoms with Gasteiger partial charge >= 0.3 is 0 Å². The Kier molecular flexibility index (Phi) is 4.78. The van der Waals surface area contributed by atoms with Crippen molar-refractivity contribution in [3.8, 4) is 11.5 Å². The number of hydrogen-bond donors (Lipinski definition) is 1. The number of nitrogens with zero attached hydrogens (tertiary/aromatic N) is 3. The molecule has 1 fully saturated rings. The lowest BCUT2D eigenvalue weighted by molar-refractivity contribution is -0.142. The molecule has 0 unspecified atom stereocenters. The van der Waals surface area contributed by atoms with E-state index >= 15 is 0 Å². The summed E-state index contributed by atoms with van der Waals surface area (Å²) < 4.78 is 11.5. The molecule has 9 heteroatoms. The van der Waals surface area contributed by atoms with Crippen LogP contribution in [0.25, 0.3) is 10.8 Å². The molecule has 5 rings (SSSR count). The molecule has 3 heterocycles. The molecular formula is C22H20N4O5. The molecule has 3 aromatic rings. The Morgan fingerprint density at radius 3 is 2.32 bits per heavy atom. The number of aromatic amines is 1. The van der Waals surface area contributed by atoms with E-state index in [1.54, 1.807) is 46.2 Å². The quantitative estimate of drug-likeness (QED) is 0.665. The molecule has 2 aliphatic heterocycles. The van der Waals surface area contributed by atoms with E-state index in [0.29, 0.717) is 48.5 Å². The number of piperazine rings is 1. The predicted molar refractivity (Wildman–Crippen MR) is 111 cm³/mol. The Labute approximate surface area is 177 Å². The monoisotopic (exact) mass is 420 g/mol. The third-order valence-corrected chi connectivity index (χ3v) is 5.56. The first-order valence-corrected chi connectivity index (χ1v) is 10.1. The molecule has 0 radical (unpaired) electrons. The van der Waals surface area contributed by atoms with Gasteiger partial charge in [-0.25, -0.2) is 5.10 Å². The number of rotatable bonds is 2. The smallest absolute Gasteiger partial charge is 0.275 e. The fraction of sp³-hybridized carbons (Fsp3) is 0.273. The summed E-state index contributed by atoms with van der Waals surface area (Å²) in [7, 11) is 0. The van der Waals surface area contributed by atoms with E-state index in [-0.39, 0.29) is 29.7 Å². The third kappa shape index (κ3) is 3.48. The van der Waals surface area contributed by atoms with Crippen molar-refractivity contribution >= 4 is 22.6 Å². The van der Waals surface area contributed by atoms with Gasteiger partial charge in [0.2, 0.25) is 6.10 Å². The minimum absolute atomic E-state index is 0.155. The van der Waals surface area contributed by atoms with Gasteiger partial charge in [0.25, 0.3) is 17.4 Å². The molecule has 1 N–H and O–H groups in total. The van der Waals surface area contributed by atoms with Crippen LogP contribution in [-0.4, -0.2) is 70.7 Å². The number of H-pyrrole nitrogens is 1. The first-order chi connectivity index (χ1) is 15.1. The zero-order valence-electron chi connectivity index (χ0n) is 16.6. The summed E-state index contributed by atoms with van der Waals surface area (Å²) in [5.41, 5.74) is -0.130. The Hall–Kier alpha value is -3.88. The molecular weight excluding hydrogens is 400 g/mol. The zero-order chi connectivity index (χ0) is 21.4. The van der Waals surface area contributed by atoms with Gasteiger partial charge in [-0.2, -0.15) is 5.10 Å². The molecule has 2 amide bonds. The Balaban J connectivity index is 1.26. The highest BCUT2D eigenvalue weighted by atomic mass is 16.6. The number of benzene rings is 2. The Morgan fingerprint density at radius 1 is 0.903 bits per heavy atom. The minimum Gasteiger partial charge on any atom is -0.485 e. The van der Waals surface area contributed by atoms with Crippen molar-refractivity contribution in [2.75, 3.05) is 32.8 Å². The first kappa shape index (κ1) is 19.1. The lowest BCUT2D eigenvalue weighted by Crippen LogP contribution is -2.55. The highest BCUT2D eigenvalue weighted by molar-refractivity contribution is 6.04. The summed E-state index contributed by atoms with van der Waals surface area (Å²) >= 11 is 0. The number of carbonyl (C=O) groups is 2. The molecule has 0 spiro atoms. The lowest BCUT2D eigenvalue weighted by atomic mass is 10.1. The number of ether oxygens (including phenoxy) is 2. The van der Waals surface area contributed by atoms with Crippen LogP contribution < -0.4 is 15.0 Å². The standard InChI is InChI=1S/C22H20N4O5/c27-20-15-6-2-1-5-14(15)19(23-24-20)22(29)26-11-9-25(10-12-26)21(28)18-13-30-16-7-3-4-8-17(16)31-18/h1-8,18H,9-13H2,(H,24,27)/t18-/m1/s1. The van der Waals surface area contributed by atoms with E-state index in [9.17, 15) is 14.4 Å². The second kappa shape index (κ2) is 7.75. The van der Waals surface area contributed by atoms with E-state index < -0.39 is 6.10 Å². The van der Waals surface area contributed by atoms with E-state index in [0.717, 1.165) is 0 Å². The van der Waals surface area contributed by atoms with Gasteiger partial charge in [0.15, 0.2) is 17.2 Å². The molecule has 0 bridgehead atoms. The molecule has 1 atom stereocenters. The fourth-order valence-corrected chi connectivity index (χ4v) is 3.90. The van der Waals surface area contributed by atoms with Crippen LogP contribution in [0.15, 0.2) is 53.3 Å². The SMILES string of the molecule is O=C(c1n[nH]c(=O)c2ccccc12)N1CCN(C(=O)[C@H]2COc3ccccc3O2)CC1. The highest BCUT2D eigenvalue weighted by Crippen LogP contribution is 2.31. The summed E-state index contributed by atoms with van der Waals surface area (Å²) in [6.45, 7) is 1.65. The Morgan fingerprint density at radius 2 is 1.55 bits per heavy atom. The minimum atomic E-state index is -0.707. The number of fused-ring (bicyclic) bond motifs is 2. The predicted octanol–water partition coefficient (Wildman–Crippen LogP) is 1.05. The summed E-state index contributed by atoms with van der Waals surface area (Å²) in [4.78, 5) is 41.2. The molecule has 2 aliphatic rings. The molecule has 0 aliphatic carbocycles. The first-order valence-electron chi connectivity index (χ1n) is 10.1. The molecule has 1 aromatic heterocycles. The van der Waals surface area contributed by atoms with Gasteiger partial charge in [0.05, 0.1) is 5.39 Å². The normalized spacial score (nSPS) is 18.1. The molecule has 31 heavy (non-hydrogen) atoms. The second-order valence-electron chi connectivity index (χ2n) is 7.43. The number of para-hydroxylation sites is 2. The number of amides is 2. The topological polar surface area (TPSA) is 105 Å². The Bertz CT molecular complexity index is 1220. The average Bonchev–Trinajstić information content (AvgIpc) is 2.83. The fourth-order valence-electron chi connectivity index (χ4n) is 3.90. The number of carbonyl (C=O) groups excluding carboxylic acids is 2. The third-order valence-electron chi connectivity index (χ3n) is 5.56. The van der Waals surface area contributed by atoms with E-state index in [2.05, 4.69) is 10.2 Å². The number of nitrogens with one attached hydrogen (secondary N) is 1. The van der Waals surface area contributed by atoms with Crippen LogP contribution >= 0.6 is 0 Å². The maximum atomic E-state index is 13.0. The summed E-state index contributed by atoms with van der Waals surface area (Å²) in [6, 6.07) is 14.1. The van der Waals surface area contributed by atoms with Crippen LogP contribution in [0, 0.1) is 0 Å². The van der Waals surface area contributed by atoms with Crippen molar-refractivity contribution in [3.05, 3.63) is 64.6 Å². The van der Waals surface area contributed by atoms with Gasteiger partial charge < -0.3 is 19.3 Å². The second-order valence-corrected chi connectivity index (χ2v) is 7.43. The summed E-state index contributed by atoms with van der Waals surface area (Å²) in [5, 5.41) is 7.31. The molecule has 158 valence electrons. The van der Waals surface area contributed by atoms with Crippen LogP contribution in [0.1, 0.15) is 10.5 Å². The van der Waals surface area contributed by atoms with E-state index in [4.69, 9.17) is 9.47 Å². The van der Waals surface area contributed by atoms with Gasteiger partial charge in [-0.05, 0) is 18.2 Å². The maximum Gasteiger partial charge on any atom is 0.275 e. The van der Waals surface area contributed by atoms with E-state index in [1.165, 1.54) is 0 Å². The van der Waals surface area contributed by atoms with Crippen LogP contribution in [-0.2, 0) is 4.79 Å². The average molecular weight is 420 g/mol. The number of hydrogen-bond acceptors (Lipinski definition) is 6. The van der Waals surface area contributed by atoms with Gasteiger partial charge in [0, 0.05) is 31.6 Å². The highest BCUT2D eigenvalue weighted by Gasteiger charge is 2.34. The molecule has 2 aromatic carbocycles. The van der Waals surface area contributed by atoms with Gasteiger partial charge in [0.1, 0.15) is 6.61 Å². The molecule has 1 saturated heterocycles. The van der Waals surface area contributed by atoms with Crippen molar-refractivity contribution in [1.82, 2.24) is 20.0 Å². The summed E-state index contributed by atoms with van der Waals surface area (Å²) in [6.07, 6.45) is -0.707. The van der Waals surface area contributed by atoms with Gasteiger partial charge in [-0.15, -0.1) is 0 Å². The van der Waals surface area contributed by atoms with Crippen LogP contribution in [0.4, 0.5) is 0 Å². The summed E-state index contributed by atoms with van der Waals surface area (Å²) in [5.74, 6) is 0.750. The largest absolute Gasteiger partial charge is 0.485 e. The number of aromatic nitrogens is 2. The van der Waals surface area contributed by atoms with E-state index in [1.807, 2.05) is 12.1 Å². The van der Waals surface area contributed by atoms with Crippen LogP contribution in [0.3, 0.4) is 0 Å². The lowest BCUT2D eigenvalue weighted by Gasteiger charge is -2.37. The van der Waals surface area contributed by atoms with Gasteiger partial charge in [-0.3, -0.25) is 14.4 Å². The molecule has 0 saturated carbocycles. The van der Waals surface area contributed by atoms with Crippen molar-refractivity contribution in [1.29, 1.82) is 0 Å². The zero-order valence-corrected chi connectivity index (χ0v) is 16.6. The van der Waals surface area contributed by atoms with Crippen molar-refractivity contribution in [3.63, 3.8) is 0 Å². The van der Waals surface area contributed by atoms with Crippen LogP contribution in [0.2, 0.25) is 0 Å². The van der Waals surface area contributed by atoms with Crippen LogP contribution in [0.5, 0.6) is 11.5 Å². The maximum absolute atomic E-state index is 13.0. The molecule has 9 nitrogen and oxygen atoms in total.